The van der Waals surface area contributed by atoms with Gasteiger partial charge in [0.25, 0.3) is 0 Å². The number of pyridine rings is 1. The maximum Gasteiger partial charge on any atom is 0.107 e. The summed E-state index contributed by atoms with van der Waals surface area (Å²) in [6.07, 6.45) is 0. The molecule has 0 saturated carbocycles. The second kappa shape index (κ2) is 6.60. The molecule has 0 unspecified atom stereocenters. The molecule has 0 aliphatic rings. The van der Waals surface area contributed by atoms with E-state index in [1.807, 2.05) is 26.0 Å². The summed E-state index contributed by atoms with van der Waals surface area (Å²) in [5.74, 6) is 2.01. The fourth-order valence-electron chi connectivity index (χ4n) is 3.82. The predicted octanol–water partition coefficient (Wildman–Crippen LogP) is 4.49. The molecule has 5 heteroatoms. The Morgan fingerprint density at radius 2 is 1.04 bits per heavy atom. The summed E-state index contributed by atoms with van der Waals surface area (Å²) in [5.41, 5.74) is 6.40. The van der Waals surface area contributed by atoms with Gasteiger partial charge in [-0.25, -0.2) is 9.97 Å². The van der Waals surface area contributed by atoms with Crippen LogP contribution in [0.15, 0.2) is 66.7 Å². The highest BCUT2D eigenvalue weighted by Crippen LogP contribution is 2.19. The van der Waals surface area contributed by atoms with E-state index in [9.17, 15) is 0 Å². The molecule has 3 heterocycles. The molecular formula is C23H21N5. The lowest BCUT2D eigenvalue weighted by Crippen LogP contribution is -2.08. The van der Waals surface area contributed by atoms with E-state index in [-0.39, 0.29) is 0 Å². The van der Waals surface area contributed by atoms with Crippen LogP contribution in [0.4, 0.5) is 0 Å². The second-order valence-corrected chi connectivity index (χ2v) is 7.09. The SMILES string of the molecule is Cc1nc2ccccc2n1Cc1cccc(Cn2c(C)nc3ccccc32)n1. The first-order valence-electron chi connectivity index (χ1n) is 9.47. The number of rotatable bonds is 4. The highest BCUT2D eigenvalue weighted by molar-refractivity contribution is 5.76. The van der Waals surface area contributed by atoms with Crippen molar-refractivity contribution in [2.45, 2.75) is 26.9 Å². The monoisotopic (exact) mass is 367 g/mol. The van der Waals surface area contributed by atoms with Gasteiger partial charge in [-0.1, -0.05) is 30.3 Å². The third kappa shape index (κ3) is 2.85. The molecule has 0 saturated heterocycles. The van der Waals surface area contributed by atoms with Gasteiger partial charge < -0.3 is 9.13 Å². The zero-order valence-electron chi connectivity index (χ0n) is 16.0. The number of imidazole rings is 2. The quantitative estimate of drug-likeness (QED) is 0.470. The average Bonchev–Trinajstić information content (AvgIpc) is 3.19. The normalized spacial score (nSPS) is 11.5. The van der Waals surface area contributed by atoms with Crippen LogP contribution in [-0.2, 0) is 13.1 Å². The van der Waals surface area contributed by atoms with E-state index in [0.29, 0.717) is 13.1 Å². The summed E-state index contributed by atoms with van der Waals surface area (Å²) in [6, 6.07) is 22.7. The highest BCUT2D eigenvalue weighted by Gasteiger charge is 2.10. The standard InChI is InChI=1S/C23H21N5/c1-16-24-20-10-3-5-12-22(20)27(16)14-18-8-7-9-19(26-18)15-28-17(2)25-21-11-4-6-13-23(21)28/h3-13H,14-15H2,1-2H3. The van der Waals surface area contributed by atoms with Gasteiger partial charge in [-0.3, -0.25) is 4.98 Å². The average molecular weight is 367 g/mol. The smallest absolute Gasteiger partial charge is 0.107 e. The molecule has 138 valence electrons. The lowest BCUT2D eigenvalue weighted by atomic mass is 10.2. The first kappa shape index (κ1) is 16.7. The molecule has 2 aromatic carbocycles. The molecule has 0 atom stereocenters. The summed E-state index contributed by atoms with van der Waals surface area (Å²) in [6.45, 7) is 5.52. The zero-order chi connectivity index (χ0) is 19.1. The van der Waals surface area contributed by atoms with Gasteiger partial charge >= 0.3 is 0 Å². The molecule has 5 nitrogen and oxygen atoms in total. The molecule has 28 heavy (non-hydrogen) atoms. The number of benzene rings is 2. The van der Waals surface area contributed by atoms with Gasteiger partial charge in [-0.15, -0.1) is 0 Å². The molecule has 5 rings (SSSR count). The van der Waals surface area contributed by atoms with Gasteiger partial charge in [0.1, 0.15) is 11.6 Å². The minimum atomic E-state index is 0.712. The van der Waals surface area contributed by atoms with Gasteiger partial charge in [0, 0.05) is 0 Å². The number of aromatic nitrogens is 5. The van der Waals surface area contributed by atoms with Crippen LogP contribution < -0.4 is 0 Å². The Hall–Kier alpha value is -3.47. The van der Waals surface area contributed by atoms with Crippen LogP contribution in [0.3, 0.4) is 0 Å². The molecule has 0 amide bonds. The molecule has 0 aliphatic carbocycles. The van der Waals surface area contributed by atoms with E-state index < -0.39 is 0 Å². The minimum Gasteiger partial charge on any atom is -0.322 e. The predicted molar refractivity (Wildman–Crippen MR) is 111 cm³/mol. The van der Waals surface area contributed by atoms with Crippen LogP contribution in [0.5, 0.6) is 0 Å². The number of nitrogens with zero attached hydrogens (tertiary/aromatic N) is 5. The molecule has 5 aromatic rings. The van der Waals surface area contributed by atoms with E-state index in [2.05, 4.69) is 73.7 Å². The number of hydrogen-bond acceptors (Lipinski definition) is 3. The number of para-hydroxylation sites is 4. The van der Waals surface area contributed by atoms with Gasteiger partial charge in [-0.05, 0) is 50.2 Å². The Morgan fingerprint density at radius 3 is 1.54 bits per heavy atom. The first-order chi connectivity index (χ1) is 13.7. The third-order valence-corrected chi connectivity index (χ3v) is 5.20. The molecule has 3 aromatic heterocycles. The summed E-state index contributed by atoms with van der Waals surface area (Å²) < 4.78 is 4.44. The van der Waals surface area contributed by atoms with Gasteiger partial charge in [0.05, 0.1) is 46.5 Å². The van der Waals surface area contributed by atoms with Crippen molar-refractivity contribution in [2.24, 2.45) is 0 Å². The van der Waals surface area contributed by atoms with E-state index in [0.717, 1.165) is 45.1 Å². The largest absolute Gasteiger partial charge is 0.322 e. The van der Waals surface area contributed by atoms with E-state index in [4.69, 9.17) is 4.98 Å². The maximum atomic E-state index is 4.92. The molecule has 0 N–H and O–H groups in total. The van der Waals surface area contributed by atoms with Crippen LogP contribution in [-0.4, -0.2) is 24.1 Å². The Morgan fingerprint density at radius 1 is 0.571 bits per heavy atom. The third-order valence-electron chi connectivity index (χ3n) is 5.20. The first-order valence-corrected chi connectivity index (χ1v) is 9.47. The molecule has 0 bridgehead atoms. The molecule has 0 spiro atoms. The lowest BCUT2D eigenvalue weighted by molar-refractivity contribution is 0.729. The van der Waals surface area contributed by atoms with Crippen molar-refractivity contribution in [3.8, 4) is 0 Å². The van der Waals surface area contributed by atoms with Crippen LogP contribution in [0.25, 0.3) is 22.1 Å². The van der Waals surface area contributed by atoms with Crippen LogP contribution >= 0.6 is 0 Å². The molecule has 0 aliphatic heterocycles. The molecule has 0 fully saturated rings. The Balaban J connectivity index is 1.48. The maximum absolute atomic E-state index is 4.92. The van der Waals surface area contributed by atoms with Crippen molar-refractivity contribution in [2.75, 3.05) is 0 Å². The van der Waals surface area contributed by atoms with Crippen molar-refractivity contribution >= 4 is 22.1 Å². The number of fused-ring (bicyclic) bond motifs is 2. The van der Waals surface area contributed by atoms with Crippen molar-refractivity contribution in [3.63, 3.8) is 0 Å². The second-order valence-electron chi connectivity index (χ2n) is 7.09. The Bertz CT molecular complexity index is 1200. The fourth-order valence-corrected chi connectivity index (χ4v) is 3.82. The summed E-state index contributed by atoms with van der Waals surface area (Å²) in [4.78, 5) is 14.2. The van der Waals surface area contributed by atoms with E-state index in [1.165, 1.54) is 0 Å². The van der Waals surface area contributed by atoms with E-state index in [1.54, 1.807) is 0 Å². The van der Waals surface area contributed by atoms with Crippen LogP contribution in [0.1, 0.15) is 23.0 Å². The zero-order valence-corrected chi connectivity index (χ0v) is 16.0. The van der Waals surface area contributed by atoms with Gasteiger partial charge in [0.15, 0.2) is 0 Å². The Kier molecular flexibility index (Phi) is 3.93. The van der Waals surface area contributed by atoms with Crippen molar-refractivity contribution in [1.82, 2.24) is 24.1 Å². The topological polar surface area (TPSA) is 48.5 Å². The van der Waals surface area contributed by atoms with Crippen molar-refractivity contribution < 1.29 is 0 Å². The van der Waals surface area contributed by atoms with Crippen LogP contribution in [0, 0.1) is 13.8 Å². The Labute approximate surface area is 163 Å². The van der Waals surface area contributed by atoms with Gasteiger partial charge in [0.2, 0.25) is 0 Å². The summed E-state index contributed by atoms with van der Waals surface area (Å²) in [7, 11) is 0. The van der Waals surface area contributed by atoms with E-state index >= 15 is 0 Å². The number of hydrogen-bond donors (Lipinski definition) is 0. The fraction of sp³-hybridized carbons (Fsp3) is 0.174. The summed E-state index contributed by atoms with van der Waals surface area (Å²) in [5, 5.41) is 0. The van der Waals surface area contributed by atoms with Crippen molar-refractivity contribution in [1.29, 1.82) is 0 Å². The van der Waals surface area contributed by atoms with Crippen LogP contribution in [0.2, 0.25) is 0 Å². The number of aryl methyl sites for hydroxylation is 2. The minimum absolute atomic E-state index is 0.712. The van der Waals surface area contributed by atoms with Gasteiger partial charge in [-0.2, -0.15) is 0 Å². The van der Waals surface area contributed by atoms with Crippen molar-refractivity contribution in [3.05, 3.63) is 89.8 Å². The molecular weight excluding hydrogens is 346 g/mol. The lowest BCUT2D eigenvalue weighted by Gasteiger charge is -2.10. The highest BCUT2D eigenvalue weighted by atomic mass is 15.1. The summed E-state index contributed by atoms with van der Waals surface area (Å²) >= 11 is 0. The molecule has 0 radical (unpaired) electrons.